The van der Waals surface area contributed by atoms with Crippen LogP contribution < -0.4 is 5.32 Å². The van der Waals surface area contributed by atoms with Crippen molar-refractivity contribution in [3.8, 4) is 6.07 Å². The number of nitrogens with one attached hydrogen (secondary N) is 1. The lowest BCUT2D eigenvalue weighted by Gasteiger charge is -2.11. The number of rotatable bonds is 4. The van der Waals surface area contributed by atoms with Gasteiger partial charge < -0.3 is 5.32 Å². The van der Waals surface area contributed by atoms with Crippen molar-refractivity contribution in [2.45, 2.75) is 6.04 Å². The third-order valence-electron chi connectivity index (χ3n) is 2.88. The topological polar surface area (TPSA) is 96.0 Å². The van der Waals surface area contributed by atoms with Crippen LogP contribution in [-0.2, 0) is 0 Å². The summed E-state index contributed by atoms with van der Waals surface area (Å²) in [7, 11) is 0. The molecule has 0 aliphatic rings. The summed E-state index contributed by atoms with van der Waals surface area (Å²) in [5, 5.41) is 22.3. The van der Waals surface area contributed by atoms with E-state index >= 15 is 0 Å². The van der Waals surface area contributed by atoms with Gasteiger partial charge in [-0.1, -0.05) is 30.3 Å². The van der Waals surface area contributed by atoms with Crippen molar-refractivity contribution in [1.29, 1.82) is 5.26 Å². The molecule has 104 valence electrons. The van der Waals surface area contributed by atoms with Crippen LogP contribution in [0.1, 0.15) is 22.0 Å². The molecule has 2 aromatic rings. The maximum atomic E-state index is 12.0. The van der Waals surface area contributed by atoms with E-state index in [-0.39, 0.29) is 11.3 Å². The monoisotopic (exact) mass is 281 g/mol. The van der Waals surface area contributed by atoms with Gasteiger partial charge in [-0.05, 0) is 17.7 Å². The molecule has 1 unspecified atom stereocenters. The molecule has 2 aromatic carbocycles. The second-order valence-electron chi connectivity index (χ2n) is 4.25. The first-order chi connectivity index (χ1) is 10.1. The van der Waals surface area contributed by atoms with Gasteiger partial charge in [-0.3, -0.25) is 14.9 Å². The van der Waals surface area contributed by atoms with E-state index in [1.165, 1.54) is 24.3 Å². The van der Waals surface area contributed by atoms with E-state index in [0.717, 1.165) is 0 Å². The number of non-ortho nitro benzene ring substituents is 1. The molecule has 0 saturated heterocycles. The Balaban J connectivity index is 2.13. The first kappa shape index (κ1) is 14.2. The van der Waals surface area contributed by atoms with E-state index in [4.69, 9.17) is 5.26 Å². The lowest BCUT2D eigenvalue weighted by molar-refractivity contribution is -0.384. The first-order valence-corrected chi connectivity index (χ1v) is 6.11. The molecule has 0 radical (unpaired) electrons. The molecule has 1 N–H and O–H groups in total. The molecule has 1 atom stereocenters. The minimum absolute atomic E-state index is 0.0913. The predicted octanol–water partition coefficient (Wildman–Crippen LogP) is 2.59. The summed E-state index contributed by atoms with van der Waals surface area (Å²) in [5.74, 6) is -0.458. The van der Waals surface area contributed by atoms with Gasteiger partial charge in [0, 0.05) is 17.7 Å². The molecule has 0 aliphatic heterocycles. The van der Waals surface area contributed by atoms with Gasteiger partial charge in [0.25, 0.3) is 11.6 Å². The number of hydrogen-bond acceptors (Lipinski definition) is 4. The zero-order valence-corrected chi connectivity index (χ0v) is 10.9. The number of carbonyl (C=O) groups is 1. The quantitative estimate of drug-likeness (QED) is 0.688. The lowest BCUT2D eigenvalue weighted by Crippen LogP contribution is -2.27. The molecule has 2 rings (SSSR count). The van der Waals surface area contributed by atoms with Crippen molar-refractivity contribution in [3.05, 3.63) is 75.8 Å². The minimum atomic E-state index is -0.770. The molecule has 0 bridgehead atoms. The van der Waals surface area contributed by atoms with E-state index in [1.54, 1.807) is 24.3 Å². The van der Waals surface area contributed by atoms with Gasteiger partial charge in [0.1, 0.15) is 6.04 Å². The molecule has 0 saturated carbocycles. The van der Waals surface area contributed by atoms with Gasteiger partial charge in [0.15, 0.2) is 0 Å². The number of nitro groups is 1. The first-order valence-electron chi connectivity index (χ1n) is 6.11. The smallest absolute Gasteiger partial charge is 0.269 e. The Kier molecular flexibility index (Phi) is 4.26. The standard InChI is InChI=1S/C15H11N3O3/c16-10-14(11-4-2-1-3-5-11)17-15(19)12-6-8-13(9-7-12)18(20)21/h1-9,14H,(H,17,19). The molecule has 0 aromatic heterocycles. The van der Waals surface area contributed by atoms with Gasteiger partial charge in [0.2, 0.25) is 0 Å². The van der Waals surface area contributed by atoms with Gasteiger partial charge in [-0.25, -0.2) is 0 Å². The highest BCUT2D eigenvalue weighted by Gasteiger charge is 2.15. The number of hydrogen-bond donors (Lipinski definition) is 1. The molecule has 0 aliphatic carbocycles. The van der Waals surface area contributed by atoms with Crippen molar-refractivity contribution in [1.82, 2.24) is 5.32 Å². The Morgan fingerprint density at radius 2 is 1.76 bits per heavy atom. The normalized spacial score (nSPS) is 11.2. The van der Waals surface area contributed by atoms with Crippen LogP contribution in [-0.4, -0.2) is 10.8 Å². The molecule has 6 heteroatoms. The highest BCUT2D eigenvalue weighted by Crippen LogP contribution is 2.15. The number of nitrogens with zero attached hydrogens (tertiary/aromatic N) is 2. The van der Waals surface area contributed by atoms with Crippen LogP contribution in [0.4, 0.5) is 5.69 Å². The van der Waals surface area contributed by atoms with Crippen molar-refractivity contribution in [3.63, 3.8) is 0 Å². The van der Waals surface area contributed by atoms with Crippen LogP contribution in [0.25, 0.3) is 0 Å². The molecular weight excluding hydrogens is 270 g/mol. The predicted molar refractivity (Wildman–Crippen MR) is 75.4 cm³/mol. The molecule has 0 spiro atoms. The van der Waals surface area contributed by atoms with Gasteiger partial charge in [-0.2, -0.15) is 5.26 Å². The minimum Gasteiger partial charge on any atom is -0.333 e. The summed E-state index contributed by atoms with van der Waals surface area (Å²) in [4.78, 5) is 22.1. The van der Waals surface area contributed by atoms with Crippen molar-refractivity contribution < 1.29 is 9.72 Å². The van der Waals surface area contributed by atoms with Crippen molar-refractivity contribution in [2.75, 3.05) is 0 Å². The van der Waals surface area contributed by atoms with Gasteiger partial charge >= 0.3 is 0 Å². The summed E-state index contributed by atoms with van der Waals surface area (Å²) < 4.78 is 0. The Labute approximate surface area is 120 Å². The number of nitriles is 1. The zero-order chi connectivity index (χ0) is 15.2. The second kappa shape index (κ2) is 6.30. The Morgan fingerprint density at radius 1 is 1.14 bits per heavy atom. The highest BCUT2D eigenvalue weighted by molar-refractivity contribution is 5.94. The lowest BCUT2D eigenvalue weighted by atomic mass is 10.1. The fourth-order valence-corrected chi connectivity index (χ4v) is 1.78. The van der Waals surface area contributed by atoms with E-state index in [1.807, 2.05) is 12.1 Å². The van der Waals surface area contributed by atoms with Crippen LogP contribution in [0.3, 0.4) is 0 Å². The summed E-state index contributed by atoms with van der Waals surface area (Å²) >= 11 is 0. The summed E-state index contributed by atoms with van der Waals surface area (Å²) in [6.07, 6.45) is 0. The Hall–Kier alpha value is -3.20. The molecule has 21 heavy (non-hydrogen) atoms. The summed E-state index contributed by atoms with van der Waals surface area (Å²) in [6, 6.07) is 15.3. The maximum absolute atomic E-state index is 12.0. The average Bonchev–Trinajstić information content (AvgIpc) is 2.53. The third-order valence-corrected chi connectivity index (χ3v) is 2.88. The van der Waals surface area contributed by atoms with Crippen LogP contribution in [0.5, 0.6) is 0 Å². The third kappa shape index (κ3) is 3.42. The van der Waals surface area contributed by atoms with Crippen LogP contribution in [0, 0.1) is 21.4 Å². The van der Waals surface area contributed by atoms with Crippen LogP contribution in [0.2, 0.25) is 0 Å². The van der Waals surface area contributed by atoms with E-state index in [0.29, 0.717) is 5.56 Å². The number of nitro benzene ring substituents is 1. The number of benzene rings is 2. The number of carbonyl (C=O) groups excluding carboxylic acids is 1. The maximum Gasteiger partial charge on any atom is 0.269 e. The molecule has 0 fully saturated rings. The van der Waals surface area contributed by atoms with Gasteiger partial charge in [-0.15, -0.1) is 0 Å². The Bertz CT molecular complexity index is 690. The number of amides is 1. The zero-order valence-electron chi connectivity index (χ0n) is 10.9. The Morgan fingerprint density at radius 3 is 2.29 bits per heavy atom. The van der Waals surface area contributed by atoms with Crippen LogP contribution in [0.15, 0.2) is 54.6 Å². The average molecular weight is 281 g/mol. The summed E-state index contributed by atoms with van der Waals surface area (Å²) in [6.45, 7) is 0. The van der Waals surface area contributed by atoms with Crippen LogP contribution >= 0.6 is 0 Å². The van der Waals surface area contributed by atoms with E-state index in [2.05, 4.69) is 5.32 Å². The van der Waals surface area contributed by atoms with Crippen molar-refractivity contribution >= 4 is 11.6 Å². The fourth-order valence-electron chi connectivity index (χ4n) is 1.78. The fraction of sp³-hybridized carbons (Fsp3) is 0.0667. The van der Waals surface area contributed by atoms with Gasteiger partial charge in [0.05, 0.1) is 11.0 Å². The molecule has 0 heterocycles. The largest absolute Gasteiger partial charge is 0.333 e. The molecule has 1 amide bonds. The molecular formula is C15H11N3O3. The van der Waals surface area contributed by atoms with Crippen molar-refractivity contribution in [2.24, 2.45) is 0 Å². The SMILES string of the molecule is N#CC(NC(=O)c1ccc([N+](=O)[O-])cc1)c1ccccc1. The summed E-state index contributed by atoms with van der Waals surface area (Å²) in [5.41, 5.74) is 0.846. The van der Waals surface area contributed by atoms with E-state index < -0.39 is 16.9 Å². The molecule has 6 nitrogen and oxygen atoms in total. The second-order valence-corrected chi connectivity index (χ2v) is 4.25. The van der Waals surface area contributed by atoms with E-state index in [9.17, 15) is 14.9 Å². The highest BCUT2D eigenvalue weighted by atomic mass is 16.6.